The maximum atomic E-state index is 5.91. The molecule has 0 radical (unpaired) electrons. The number of fused-ring (bicyclic) bond motifs is 1. The number of rotatable bonds is 2. The summed E-state index contributed by atoms with van der Waals surface area (Å²) in [5.41, 5.74) is 2.44. The highest BCUT2D eigenvalue weighted by molar-refractivity contribution is 6.30. The van der Waals surface area contributed by atoms with Crippen molar-refractivity contribution in [3.63, 3.8) is 0 Å². The average molecular weight is 237 g/mol. The van der Waals surface area contributed by atoms with E-state index < -0.39 is 0 Å². The van der Waals surface area contributed by atoms with Gasteiger partial charge in [0.15, 0.2) is 10.9 Å². The molecule has 2 unspecified atom stereocenters. The maximum absolute atomic E-state index is 5.91. The molecular weight excluding hydrogens is 224 g/mol. The van der Waals surface area contributed by atoms with Crippen LogP contribution in [0.3, 0.4) is 0 Å². The third-order valence-corrected chi connectivity index (χ3v) is 3.69. The predicted octanol–water partition coefficient (Wildman–Crippen LogP) is 2.12. The number of nitrogens with one attached hydrogen (secondary N) is 1. The quantitative estimate of drug-likeness (QED) is 0.799. The van der Waals surface area contributed by atoms with Gasteiger partial charge in [-0.1, -0.05) is 17.7 Å². The van der Waals surface area contributed by atoms with E-state index in [1.807, 2.05) is 12.3 Å². The van der Waals surface area contributed by atoms with Crippen LogP contribution in [-0.2, 0) is 0 Å². The topological polar surface area (TPSA) is 34.1 Å². The Hall–Kier alpha value is -1.06. The summed E-state index contributed by atoms with van der Waals surface area (Å²) in [5, 5.41) is 3.86. The van der Waals surface area contributed by atoms with E-state index in [0.717, 1.165) is 24.4 Å². The van der Waals surface area contributed by atoms with Gasteiger partial charge in [0, 0.05) is 24.3 Å². The lowest BCUT2D eigenvalue weighted by Crippen LogP contribution is -2.50. The van der Waals surface area contributed by atoms with E-state index in [9.17, 15) is 0 Å². The van der Waals surface area contributed by atoms with Crippen molar-refractivity contribution in [1.29, 1.82) is 0 Å². The monoisotopic (exact) mass is 236 g/mol. The van der Waals surface area contributed by atoms with Gasteiger partial charge in [-0.15, -0.1) is 0 Å². The molecule has 1 saturated heterocycles. The third-order valence-electron chi connectivity index (χ3n) is 3.41. The largest absolute Gasteiger partial charge is 0.494 e. The van der Waals surface area contributed by atoms with E-state index in [0.29, 0.717) is 16.9 Å². The van der Waals surface area contributed by atoms with Gasteiger partial charge in [-0.2, -0.15) is 0 Å². The number of halogens is 1. The number of aromatic nitrogens is 1. The fourth-order valence-corrected chi connectivity index (χ4v) is 2.60. The van der Waals surface area contributed by atoms with Crippen molar-refractivity contribution in [1.82, 2.24) is 10.3 Å². The van der Waals surface area contributed by atoms with Crippen LogP contribution in [0.1, 0.15) is 12.0 Å². The smallest absolute Gasteiger partial charge is 0.171 e. The van der Waals surface area contributed by atoms with Crippen LogP contribution in [0.5, 0.6) is 5.75 Å². The van der Waals surface area contributed by atoms with Gasteiger partial charge in [-0.3, -0.25) is 0 Å². The minimum atomic E-state index is 0.419. The summed E-state index contributed by atoms with van der Waals surface area (Å²) in [6.07, 6.45) is 5.27. The molecule has 16 heavy (non-hydrogen) atoms. The van der Waals surface area contributed by atoms with E-state index >= 15 is 0 Å². The first kappa shape index (κ1) is 10.1. The molecule has 0 saturated carbocycles. The summed E-state index contributed by atoms with van der Waals surface area (Å²) in [5.74, 6) is 1.42. The second-order valence-electron chi connectivity index (χ2n) is 4.26. The molecule has 0 spiro atoms. The standard InChI is InChI=1S/C12H13ClN2O/c1-16-10-4-8(6-15-12(10)13)9-3-2-7-5-14-11(7)9/h3-4,6-7,11,14H,2,5H2,1H3. The van der Waals surface area contributed by atoms with Crippen molar-refractivity contribution in [2.45, 2.75) is 12.5 Å². The van der Waals surface area contributed by atoms with Crippen molar-refractivity contribution >= 4 is 17.2 Å². The number of hydrogen-bond donors (Lipinski definition) is 1. The Labute approximate surface area is 99.5 Å². The highest BCUT2D eigenvalue weighted by Gasteiger charge is 2.37. The van der Waals surface area contributed by atoms with Crippen LogP contribution in [-0.4, -0.2) is 24.7 Å². The number of nitrogens with zero attached hydrogens (tertiary/aromatic N) is 1. The molecule has 1 aliphatic carbocycles. The fraction of sp³-hybridized carbons (Fsp3) is 0.417. The zero-order valence-electron chi connectivity index (χ0n) is 9.03. The van der Waals surface area contributed by atoms with E-state index in [-0.39, 0.29) is 0 Å². The van der Waals surface area contributed by atoms with Gasteiger partial charge in [0.2, 0.25) is 0 Å². The Bertz CT molecular complexity index is 458. The first-order chi connectivity index (χ1) is 7.79. The Kier molecular flexibility index (Phi) is 2.37. The van der Waals surface area contributed by atoms with Crippen LogP contribution in [0.4, 0.5) is 0 Å². The molecule has 1 aromatic heterocycles. The van der Waals surface area contributed by atoms with E-state index in [1.54, 1.807) is 7.11 Å². The van der Waals surface area contributed by atoms with Crippen molar-refractivity contribution in [2.24, 2.45) is 5.92 Å². The van der Waals surface area contributed by atoms with Crippen LogP contribution in [0.2, 0.25) is 5.15 Å². The molecule has 1 fully saturated rings. The Morgan fingerprint density at radius 2 is 2.44 bits per heavy atom. The Morgan fingerprint density at radius 3 is 3.06 bits per heavy atom. The van der Waals surface area contributed by atoms with Crippen molar-refractivity contribution in [3.8, 4) is 5.75 Å². The third kappa shape index (κ3) is 1.43. The highest BCUT2D eigenvalue weighted by Crippen LogP contribution is 2.38. The molecule has 2 aliphatic rings. The van der Waals surface area contributed by atoms with Gasteiger partial charge >= 0.3 is 0 Å². The van der Waals surface area contributed by atoms with Crippen molar-refractivity contribution < 1.29 is 4.74 Å². The van der Waals surface area contributed by atoms with Crippen LogP contribution in [0, 0.1) is 5.92 Å². The number of pyridine rings is 1. The van der Waals surface area contributed by atoms with Gasteiger partial charge in [-0.25, -0.2) is 4.98 Å². The minimum Gasteiger partial charge on any atom is -0.494 e. The fourth-order valence-electron chi connectivity index (χ4n) is 2.42. The first-order valence-electron chi connectivity index (χ1n) is 5.43. The average Bonchev–Trinajstić information content (AvgIpc) is 2.54. The highest BCUT2D eigenvalue weighted by atomic mass is 35.5. The number of hydrogen-bond acceptors (Lipinski definition) is 3. The van der Waals surface area contributed by atoms with E-state index in [1.165, 1.54) is 5.57 Å². The van der Waals surface area contributed by atoms with Crippen LogP contribution in [0.15, 0.2) is 18.3 Å². The summed E-state index contributed by atoms with van der Waals surface area (Å²) in [7, 11) is 1.61. The molecule has 0 amide bonds. The van der Waals surface area contributed by atoms with Crippen LogP contribution in [0.25, 0.3) is 5.57 Å². The number of ether oxygens (including phenoxy) is 1. The predicted molar refractivity (Wildman–Crippen MR) is 63.7 cm³/mol. The summed E-state index contributed by atoms with van der Waals surface area (Å²) in [6.45, 7) is 1.13. The SMILES string of the molecule is COc1cc(C2=CCC3CNC23)cnc1Cl. The normalized spacial score (nSPS) is 27.0. The number of methoxy groups -OCH3 is 1. The molecule has 1 N–H and O–H groups in total. The molecular formula is C12H13ClN2O. The zero-order valence-corrected chi connectivity index (χ0v) is 9.79. The van der Waals surface area contributed by atoms with Crippen LogP contribution >= 0.6 is 11.6 Å². The molecule has 4 heteroatoms. The Balaban J connectivity index is 1.95. The molecule has 1 aliphatic heterocycles. The molecule has 2 heterocycles. The summed E-state index contributed by atoms with van der Waals surface area (Å²) < 4.78 is 5.18. The minimum absolute atomic E-state index is 0.419. The molecule has 3 nitrogen and oxygen atoms in total. The lowest BCUT2D eigenvalue weighted by molar-refractivity contribution is 0.306. The lowest BCUT2D eigenvalue weighted by Gasteiger charge is -2.34. The van der Waals surface area contributed by atoms with Gasteiger partial charge in [-0.05, 0) is 24.0 Å². The summed E-state index contributed by atoms with van der Waals surface area (Å²) in [4.78, 5) is 4.15. The molecule has 2 atom stereocenters. The van der Waals surface area contributed by atoms with Gasteiger partial charge in [0.05, 0.1) is 7.11 Å². The van der Waals surface area contributed by atoms with Crippen LogP contribution < -0.4 is 10.1 Å². The molecule has 84 valence electrons. The summed E-state index contributed by atoms with van der Waals surface area (Å²) in [6, 6.07) is 2.47. The molecule has 0 aromatic carbocycles. The van der Waals surface area contributed by atoms with Gasteiger partial charge < -0.3 is 10.1 Å². The Morgan fingerprint density at radius 1 is 1.56 bits per heavy atom. The summed E-state index contributed by atoms with van der Waals surface area (Å²) >= 11 is 5.91. The zero-order chi connectivity index (χ0) is 11.1. The van der Waals surface area contributed by atoms with Crippen molar-refractivity contribution in [2.75, 3.05) is 13.7 Å². The van der Waals surface area contributed by atoms with E-state index in [2.05, 4.69) is 16.4 Å². The second kappa shape index (κ2) is 3.75. The molecule has 0 bridgehead atoms. The second-order valence-corrected chi connectivity index (χ2v) is 4.62. The van der Waals surface area contributed by atoms with Crippen molar-refractivity contribution in [3.05, 3.63) is 29.1 Å². The van der Waals surface area contributed by atoms with E-state index in [4.69, 9.17) is 16.3 Å². The molecule has 1 aromatic rings. The molecule has 3 rings (SSSR count). The lowest BCUT2D eigenvalue weighted by atomic mass is 9.89. The van der Waals surface area contributed by atoms with Gasteiger partial charge in [0.1, 0.15) is 0 Å². The maximum Gasteiger partial charge on any atom is 0.171 e. The number of allylic oxidation sites excluding steroid dienone is 1. The van der Waals surface area contributed by atoms with Gasteiger partial charge in [0.25, 0.3) is 0 Å². The first-order valence-corrected chi connectivity index (χ1v) is 5.80.